The highest BCUT2D eigenvalue weighted by molar-refractivity contribution is 7.18. The molecule has 0 atom stereocenters. The van der Waals surface area contributed by atoms with Gasteiger partial charge in [0, 0.05) is 54.7 Å². The van der Waals surface area contributed by atoms with Gasteiger partial charge in [-0.05, 0) is 44.4 Å². The van der Waals surface area contributed by atoms with Crippen LogP contribution in [0, 0.1) is 24.0 Å². The molecule has 3 aromatic rings. The van der Waals surface area contributed by atoms with Crippen molar-refractivity contribution in [2.45, 2.75) is 32.6 Å². The van der Waals surface area contributed by atoms with E-state index in [2.05, 4.69) is 18.7 Å². The third-order valence-corrected chi connectivity index (χ3v) is 7.26. The number of carbonyl (C=O) groups excluding carboxylic acids is 1. The Bertz CT molecular complexity index is 1180. The molecule has 0 N–H and O–H groups in total. The molecule has 1 aliphatic carbocycles. The van der Waals surface area contributed by atoms with Gasteiger partial charge in [-0.2, -0.15) is 0 Å². The van der Waals surface area contributed by atoms with Crippen molar-refractivity contribution in [3.63, 3.8) is 0 Å². The van der Waals surface area contributed by atoms with Gasteiger partial charge >= 0.3 is 0 Å². The van der Waals surface area contributed by atoms with Gasteiger partial charge in [0.1, 0.15) is 16.5 Å². The summed E-state index contributed by atoms with van der Waals surface area (Å²) in [6.07, 6.45) is 2.32. The van der Waals surface area contributed by atoms with Gasteiger partial charge < -0.3 is 9.80 Å². The SMILES string of the molecule is Cc1sc2nc(C3CC3)nc(N3CCN(C(=O)c4ccc([N+](=O)[O-])cc4)CC3)c2c1C. The number of piperazine rings is 1. The monoisotopic (exact) mass is 437 g/mol. The van der Waals surface area contributed by atoms with Gasteiger partial charge in [-0.25, -0.2) is 9.97 Å². The summed E-state index contributed by atoms with van der Waals surface area (Å²) in [5.74, 6) is 2.34. The summed E-state index contributed by atoms with van der Waals surface area (Å²) in [5.41, 5.74) is 1.70. The maximum Gasteiger partial charge on any atom is 0.269 e. The number of hydrogen-bond donors (Lipinski definition) is 0. The number of benzene rings is 1. The first-order valence-corrected chi connectivity index (χ1v) is 11.3. The lowest BCUT2D eigenvalue weighted by Gasteiger charge is -2.36. The van der Waals surface area contributed by atoms with Gasteiger partial charge in [-0.1, -0.05) is 0 Å². The average Bonchev–Trinajstić information content (AvgIpc) is 3.59. The molecule has 2 aliphatic rings. The van der Waals surface area contributed by atoms with Crippen molar-refractivity contribution in [2.24, 2.45) is 0 Å². The van der Waals surface area contributed by atoms with E-state index in [0.29, 0.717) is 37.7 Å². The van der Waals surface area contributed by atoms with Gasteiger partial charge in [0.2, 0.25) is 0 Å². The lowest BCUT2D eigenvalue weighted by atomic mass is 10.1. The number of aryl methyl sites for hydroxylation is 2. The molecule has 2 aromatic heterocycles. The standard InChI is InChI=1S/C22H23N5O3S/c1-13-14(2)31-21-18(13)20(23-19(24-21)15-3-4-15)25-9-11-26(12-10-25)22(28)16-5-7-17(8-6-16)27(29)30/h5-8,15H,3-4,9-12H2,1-2H3. The second kappa shape index (κ2) is 7.56. The molecule has 8 nitrogen and oxygen atoms in total. The number of fused-ring (bicyclic) bond motifs is 1. The largest absolute Gasteiger partial charge is 0.352 e. The van der Waals surface area contributed by atoms with E-state index in [1.165, 1.54) is 34.7 Å². The topological polar surface area (TPSA) is 92.5 Å². The minimum Gasteiger partial charge on any atom is -0.352 e. The zero-order chi connectivity index (χ0) is 21.7. The number of nitro benzene ring substituents is 1. The molecule has 0 radical (unpaired) electrons. The van der Waals surface area contributed by atoms with Crippen LogP contribution in [0.2, 0.25) is 0 Å². The smallest absolute Gasteiger partial charge is 0.269 e. The number of thiophene rings is 1. The predicted octanol–water partition coefficient (Wildman–Crippen LogP) is 4.06. The first kappa shape index (κ1) is 19.9. The van der Waals surface area contributed by atoms with Crippen LogP contribution >= 0.6 is 11.3 Å². The Morgan fingerprint density at radius 2 is 1.77 bits per heavy atom. The summed E-state index contributed by atoms with van der Waals surface area (Å²) in [5, 5.41) is 12.0. The Labute approximate surface area is 183 Å². The summed E-state index contributed by atoms with van der Waals surface area (Å²) in [7, 11) is 0. The minimum absolute atomic E-state index is 0.0120. The minimum atomic E-state index is -0.459. The molecule has 0 spiro atoms. The number of hydrogen-bond acceptors (Lipinski definition) is 7. The lowest BCUT2D eigenvalue weighted by molar-refractivity contribution is -0.384. The van der Waals surface area contributed by atoms with Crippen LogP contribution in [0.1, 0.15) is 45.4 Å². The molecule has 1 aromatic carbocycles. The normalized spacial score (nSPS) is 16.7. The van der Waals surface area contributed by atoms with Gasteiger partial charge in [-0.15, -0.1) is 11.3 Å². The summed E-state index contributed by atoms with van der Waals surface area (Å²) < 4.78 is 0. The fraction of sp³-hybridized carbons (Fsp3) is 0.409. The highest BCUT2D eigenvalue weighted by Gasteiger charge is 2.31. The van der Waals surface area contributed by atoms with E-state index in [4.69, 9.17) is 9.97 Å². The molecule has 31 heavy (non-hydrogen) atoms. The number of amides is 1. The number of nitrogens with zero attached hydrogens (tertiary/aromatic N) is 5. The fourth-order valence-corrected chi connectivity index (χ4v) is 5.06. The molecule has 9 heteroatoms. The lowest BCUT2D eigenvalue weighted by Crippen LogP contribution is -2.49. The molecule has 1 aliphatic heterocycles. The van der Waals surface area contributed by atoms with E-state index in [1.54, 1.807) is 11.3 Å². The summed E-state index contributed by atoms with van der Waals surface area (Å²) in [6, 6.07) is 5.81. The van der Waals surface area contributed by atoms with E-state index in [0.717, 1.165) is 34.7 Å². The number of aromatic nitrogens is 2. The molecular formula is C22H23N5O3S. The van der Waals surface area contributed by atoms with Crippen LogP contribution in [-0.4, -0.2) is 51.9 Å². The maximum absolute atomic E-state index is 12.9. The van der Waals surface area contributed by atoms with E-state index in [9.17, 15) is 14.9 Å². The summed E-state index contributed by atoms with van der Waals surface area (Å²) >= 11 is 1.73. The van der Waals surface area contributed by atoms with Gasteiger partial charge in [-0.3, -0.25) is 14.9 Å². The number of carbonyl (C=O) groups is 1. The second-order valence-electron chi connectivity index (χ2n) is 8.23. The molecule has 5 rings (SSSR count). The number of non-ortho nitro benzene ring substituents is 1. The number of nitro groups is 1. The van der Waals surface area contributed by atoms with Crippen LogP contribution in [0.3, 0.4) is 0 Å². The highest BCUT2D eigenvalue weighted by atomic mass is 32.1. The molecular weight excluding hydrogens is 414 g/mol. The molecule has 0 bridgehead atoms. The third-order valence-electron chi connectivity index (χ3n) is 6.16. The van der Waals surface area contributed by atoms with Crippen LogP contribution in [0.5, 0.6) is 0 Å². The van der Waals surface area contributed by atoms with Crippen molar-refractivity contribution < 1.29 is 9.72 Å². The van der Waals surface area contributed by atoms with Crippen molar-refractivity contribution in [1.82, 2.24) is 14.9 Å². The average molecular weight is 438 g/mol. The summed E-state index contributed by atoms with van der Waals surface area (Å²) in [6.45, 7) is 6.83. The van der Waals surface area contributed by atoms with E-state index in [-0.39, 0.29) is 11.6 Å². The van der Waals surface area contributed by atoms with Gasteiger partial charge in [0.05, 0.1) is 10.3 Å². The van der Waals surface area contributed by atoms with Gasteiger partial charge in [0.25, 0.3) is 11.6 Å². The van der Waals surface area contributed by atoms with Gasteiger partial charge in [0.15, 0.2) is 0 Å². The maximum atomic E-state index is 12.9. The van der Waals surface area contributed by atoms with Crippen LogP contribution < -0.4 is 4.90 Å². The molecule has 160 valence electrons. The van der Waals surface area contributed by atoms with Crippen molar-refractivity contribution in [1.29, 1.82) is 0 Å². The molecule has 1 amide bonds. The number of anilines is 1. The predicted molar refractivity (Wildman–Crippen MR) is 120 cm³/mol. The molecule has 1 saturated heterocycles. The molecule has 0 unspecified atom stereocenters. The van der Waals surface area contributed by atoms with Crippen LogP contribution in [0.4, 0.5) is 11.5 Å². The van der Waals surface area contributed by atoms with Crippen LogP contribution in [0.25, 0.3) is 10.2 Å². The Balaban J connectivity index is 1.36. The Morgan fingerprint density at radius 3 is 2.39 bits per heavy atom. The van der Waals surface area contributed by atoms with E-state index >= 15 is 0 Å². The Morgan fingerprint density at radius 1 is 1.10 bits per heavy atom. The first-order chi connectivity index (χ1) is 14.9. The van der Waals surface area contributed by atoms with Crippen molar-refractivity contribution in [3.05, 3.63) is 56.2 Å². The van der Waals surface area contributed by atoms with E-state index < -0.39 is 4.92 Å². The van der Waals surface area contributed by atoms with E-state index in [1.807, 2.05) is 4.90 Å². The highest BCUT2D eigenvalue weighted by Crippen LogP contribution is 2.42. The molecule has 1 saturated carbocycles. The van der Waals surface area contributed by atoms with Crippen molar-refractivity contribution in [2.75, 3.05) is 31.1 Å². The Hall–Kier alpha value is -3.07. The van der Waals surface area contributed by atoms with Crippen LogP contribution in [-0.2, 0) is 0 Å². The Kier molecular flexibility index (Phi) is 4.85. The first-order valence-electron chi connectivity index (χ1n) is 10.5. The fourth-order valence-electron chi connectivity index (χ4n) is 4.03. The zero-order valence-electron chi connectivity index (χ0n) is 17.5. The quantitative estimate of drug-likeness (QED) is 0.451. The van der Waals surface area contributed by atoms with Crippen LogP contribution in [0.15, 0.2) is 24.3 Å². The van der Waals surface area contributed by atoms with Crippen molar-refractivity contribution in [3.8, 4) is 0 Å². The third kappa shape index (κ3) is 3.63. The summed E-state index contributed by atoms with van der Waals surface area (Å²) in [4.78, 5) is 39.5. The molecule has 2 fully saturated rings. The second-order valence-corrected chi connectivity index (χ2v) is 9.43. The number of rotatable bonds is 4. The molecule has 3 heterocycles. The zero-order valence-corrected chi connectivity index (χ0v) is 18.3. The van der Waals surface area contributed by atoms with Crippen molar-refractivity contribution >= 4 is 39.0 Å².